The Bertz CT molecular complexity index is 1910. The first-order valence-corrected chi connectivity index (χ1v) is 17.4. The SMILES string of the molecule is NCc1cccc(Oc2ccccc2N(Cc2ccc(-c3ccc(Cl)cc3Cl)cc2)C(=O)CCC(=O)NN2CCN(c3ccccc3)CC2)c1. The fraction of sp³-hybridized carbons (Fsp3) is 0.200. The summed E-state index contributed by atoms with van der Waals surface area (Å²) in [4.78, 5) is 31.1. The summed E-state index contributed by atoms with van der Waals surface area (Å²) in [5, 5.41) is 3.06. The lowest BCUT2D eigenvalue weighted by atomic mass is 10.0. The maximum Gasteiger partial charge on any atom is 0.234 e. The minimum atomic E-state index is -0.203. The van der Waals surface area contributed by atoms with Gasteiger partial charge >= 0.3 is 0 Å². The van der Waals surface area contributed by atoms with E-state index in [1.807, 2.05) is 102 Å². The average molecular weight is 709 g/mol. The van der Waals surface area contributed by atoms with E-state index in [-0.39, 0.29) is 31.2 Å². The molecule has 1 aliphatic heterocycles. The molecule has 256 valence electrons. The number of hydrazine groups is 1. The molecule has 50 heavy (non-hydrogen) atoms. The molecule has 1 saturated heterocycles. The Hall–Kier alpha value is -4.86. The molecule has 2 amide bonds. The van der Waals surface area contributed by atoms with E-state index in [4.69, 9.17) is 33.7 Å². The van der Waals surface area contributed by atoms with Crippen LogP contribution in [0.3, 0.4) is 0 Å². The van der Waals surface area contributed by atoms with Crippen LogP contribution in [0, 0.1) is 0 Å². The number of hydrogen-bond acceptors (Lipinski definition) is 6. The van der Waals surface area contributed by atoms with Crippen LogP contribution in [0.4, 0.5) is 11.4 Å². The molecule has 3 N–H and O–H groups in total. The van der Waals surface area contributed by atoms with Gasteiger partial charge in [0, 0.05) is 66.9 Å². The molecule has 0 bridgehead atoms. The number of halogens is 2. The summed E-state index contributed by atoms with van der Waals surface area (Å²) in [6.07, 6.45) is 0.0646. The lowest BCUT2D eigenvalue weighted by Gasteiger charge is -2.36. The monoisotopic (exact) mass is 707 g/mol. The number of ether oxygens (including phenoxy) is 1. The molecule has 0 aromatic heterocycles. The smallest absolute Gasteiger partial charge is 0.234 e. The van der Waals surface area contributed by atoms with Crippen molar-refractivity contribution in [2.45, 2.75) is 25.9 Å². The van der Waals surface area contributed by atoms with Gasteiger partial charge in [0.1, 0.15) is 5.75 Å². The molecule has 1 fully saturated rings. The molecule has 1 aliphatic rings. The van der Waals surface area contributed by atoms with Crippen LogP contribution < -0.4 is 25.7 Å². The summed E-state index contributed by atoms with van der Waals surface area (Å²) in [6.45, 7) is 3.61. The van der Waals surface area contributed by atoms with Gasteiger partial charge < -0.3 is 20.3 Å². The quantitative estimate of drug-likeness (QED) is 0.136. The Balaban J connectivity index is 1.17. The fourth-order valence-corrected chi connectivity index (χ4v) is 6.45. The van der Waals surface area contributed by atoms with Gasteiger partial charge in [-0.1, -0.05) is 96.0 Å². The van der Waals surface area contributed by atoms with Crippen molar-refractivity contribution in [2.75, 3.05) is 36.0 Å². The molecule has 5 aromatic carbocycles. The van der Waals surface area contributed by atoms with Crippen molar-refractivity contribution < 1.29 is 14.3 Å². The van der Waals surface area contributed by atoms with Crippen molar-refractivity contribution >= 4 is 46.4 Å². The maximum atomic E-state index is 14.0. The van der Waals surface area contributed by atoms with Crippen molar-refractivity contribution in [2.24, 2.45) is 5.73 Å². The third-order valence-electron chi connectivity index (χ3n) is 8.61. The van der Waals surface area contributed by atoms with E-state index >= 15 is 0 Å². The van der Waals surface area contributed by atoms with Crippen molar-refractivity contribution in [1.82, 2.24) is 10.4 Å². The Morgan fingerprint density at radius 3 is 2.24 bits per heavy atom. The van der Waals surface area contributed by atoms with Gasteiger partial charge in [0.25, 0.3) is 0 Å². The molecule has 0 radical (unpaired) electrons. The van der Waals surface area contributed by atoms with Gasteiger partial charge in [0.15, 0.2) is 5.75 Å². The minimum absolute atomic E-state index is 0.0191. The van der Waals surface area contributed by atoms with Crippen LogP contribution in [0.25, 0.3) is 11.1 Å². The largest absolute Gasteiger partial charge is 0.455 e. The normalized spacial score (nSPS) is 13.1. The van der Waals surface area contributed by atoms with Crippen LogP contribution in [-0.4, -0.2) is 43.0 Å². The van der Waals surface area contributed by atoms with Gasteiger partial charge in [0.05, 0.1) is 12.2 Å². The van der Waals surface area contributed by atoms with Gasteiger partial charge in [0.2, 0.25) is 11.8 Å². The maximum absolute atomic E-state index is 14.0. The number of anilines is 2. The third kappa shape index (κ3) is 9.02. The first kappa shape index (κ1) is 35.0. The summed E-state index contributed by atoms with van der Waals surface area (Å²) in [5.74, 6) is 0.730. The van der Waals surface area contributed by atoms with Crippen molar-refractivity contribution in [3.05, 3.63) is 142 Å². The Morgan fingerprint density at radius 2 is 1.50 bits per heavy atom. The fourth-order valence-electron chi connectivity index (χ4n) is 5.94. The van der Waals surface area contributed by atoms with Crippen LogP contribution in [0.5, 0.6) is 11.5 Å². The number of nitrogens with two attached hydrogens (primary N) is 1. The first-order valence-electron chi connectivity index (χ1n) is 16.6. The summed E-state index contributed by atoms with van der Waals surface area (Å²) in [7, 11) is 0. The highest BCUT2D eigenvalue weighted by Crippen LogP contribution is 2.35. The number of hydrogen-bond donors (Lipinski definition) is 2. The van der Waals surface area contributed by atoms with Gasteiger partial charge in [-0.25, -0.2) is 5.01 Å². The second-order valence-electron chi connectivity index (χ2n) is 12.1. The number of amides is 2. The van der Waals surface area contributed by atoms with E-state index in [2.05, 4.69) is 22.5 Å². The molecule has 1 heterocycles. The van der Waals surface area contributed by atoms with Crippen LogP contribution in [0.15, 0.2) is 121 Å². The highest BCUT2D eigenvalue weighted by atomic mass is 35.5. The number of carbonyl (C=O) groups excluding carboxylic acids is 2. The lowest BCUT2D eigenvalue weighted by Crippen LogP contribution is -2.53. The zero-order valence-corrected chi connectivity index (χ0v) is 29.1. The molecule has 8 nitrogen and oxygen atoms in total. The molecule has 6 rings (SSSR count). The van der Waals surface area contributed by atoms with E-state index in [9.17, 15) is 9.59 Å². The molecule has 0 aliphatic carbocycles. The highest BCUT2D eigenvalue weighted by Gasteiger charge is 2.23. The predicted molar refractivity (Wildman–Crippen MR) is 202 cm³/mol. The number of piperazine rings is 1. The van der Waals surface area contributed by atoms with Crippen molar-refractivity contribution in [3.63, 3.8) is 0 Å². The predicted octanol–water partition coefficient (Wildman–Crippen LogP) is 8.08. The number of nitrogens with zero attached hydrogens (tertiary/aromatic N) is 3. The third-order valence-corrected chi connectivity index (χ3v) is 9.15. The van der Waals surface area contributed by atoms with E-state index < -0.39 is 0 Å². The Kier molecular flexibility index (Phi) is 11.7. The van der Waals surface area contributed by atoms with Crippen LogP contribution >= 0.6 is 23.2 Å². The van der Waals surface area contributed by atoms with Gasteiger partial charge in [-0.3, -0.25) is 15.0 Å². The van der Waals surface area contributed by atoms with Crippen LogP contribution in [0.2, 0.25) is 10.0 Å². The van der Waals surface area contributed by atoms with Crippen molar-refractivity contribution in [1.29, 1.82) is 0 Å². The summed E-state index contributed by atoms with van der Waals surface area (Å²) in [5.41, 5.74) is 14.3. The van der Waals surface area contributed by atoms with Crippen LogP contribution in [-0.2, 0) is 22.7 Å². The lowest BCUT2D eigenvalue weighted by molar-refractivity contribution is -0.128. The molecule has 0 unspecified atom stereocenters. The number of benzene rings is 5. The summed E-state index contributed by atoms with van der Waals surface area (Å²) >= 11 is 12.6. The number of para-hydroxylation sites is 3. The first-order chi connectivity index (χ1) is 24.4. The standard InChI is InChI=1S/C40H39Cl2N5O3/c41-32-17-18-35(36(42)26-32)31-15-13-29(14-16-31)28-47(37-11-4-5-12-38(37)50-34-10-6-7-30(25-34)27-43)40(49)20-19-39(48)44-46-23-21-45(22-24-46)33-8-2-1-3-9-33/h1-18,25-26H,19-24,27-28,43H2,(H,44,48). The van der Waals surface area contributed by atoms with Gasteiger partial charge in [-0.2, -0.15) is 0 Å². The topological polar surface area (TPSA) is 91.1 Å². The Labute approximate surface area is 302 Å². The Morgan fingerprint density at radius 1 is 0.760 bits per heavy atom. The highest BCUT2D eigenvalue weighted by molar-refractivity contribution is 6.36. The van der Waals surface area contributed by atoms with E-state index in [0.717, 1.165) is 35.3 Å². The van der Waals surface area contributed by atoms with Crippen molar-refractivity contribution in [3.8, 4) is 22.6 Å². The average Bonchev–Trinajstić information content (AvgIpc) is 3.14. The van der Waals surface area contributed by atoms with E-state index in [1.165, 1.54) is 5.69 Å². The number of nitrogens with one attached hydrogen (secondary N) is 1. The number of rotatable bonds is 12. The van der Waals surface area contributed by atoms with Gasteiger partial charge in [-0.05, 0) is 65.2 Å². The number of carbonyl (C=O) groups is 2. The van der Waals surface area contributed by atoms with E-state index in [1.54, 1.807) is 17.0 Å². The van der Waals surface area contributed by atoms with Gasteiger partial charge in [-0.15, -0.1) is 0 Å². The molecule has 10 heteroatoms. The minimum Gasteiger partial charge on any atom is -0.455 e. The molecular weight excluding hydrogens is 669 g/mol. The van der Waals surface area contributed by atoms with Crippen LogP contribution in [0.1, 0.15) is 24.0 Å². The zero-order chi connectivity index (χ0) is 34.9. The second-order valence-corrected chi connectivity index (χ2v) is 12.9. The second kappa shape index (κ2) is 16.7. The van der Waals surface area contributed by atoms with E-state index in [0.29, 0.717) is 46.9 Å². The summed E-state index contributed by atoms with van der Waals surface area (Å²) in [6, 6.07) is 38.5. The molecule has 5 aromatic rings. The summed E-state index contributed by atoms with van der Waals surface area (Å²) < 4.78 is 6.32. The molecular formula is C40H39Cl2N5O3. The molecule has 0 atom stereocenters. The zero-order valence-electron chi connectivity index (χ0n) is 27.6. The molecule has 0 spiro atoms. The molecule has 0 saturated carbocycles.